The Balaban J connectivity index is 1.67. The Labute approximate surface area is 159 Å². The van der Waals surface area contributed by atoms with E-state index in [1.165, 1.54) is 17.9 Å². The second kappa shape index (κ2) is 6.50. The Morgan fingerprint density at radius 1 is 1.31 bits per heavy atom. The van der Waals surface area contributed by atoms with Gasteiger partial charge in [0.2, 0.25) is 0 Å². The van der Waals surface area contributed by atoms with E-state index in [9.17, 15) is 13.6 Å². The van der Waals surface area contributed by atoms with Gasteiger partial charge in [0.05, 0.1) is 5.56 Å². The normalized spacial score (nSPS) is 23.7. The van der Waals surface area contributed by atoms with Crippen molar-refractivity contribution in [2.75, 3.05) is 5.32 Å². The van der Waals surface area contributed by atoms with Crippen LogP contribution in [0.2, 0.25) is 0 Å². The van der Waals surface area contributed by atoms with Gasteiger partial charge >= 0.3 is 0 Å². The molecule has 0 radical (unpaired) electrons. The Bertz CT molecular complexity index is 868. The van der Waals surface area contributed by atoms with E-state index in [0.29, 0.717) is 5.69 Å². The van der Waals surface area contributed by atoms with E-state index in [2.05, 4.69) is 10.4 Å². The summed E-state index contributed by atoms with van der Waals surface area (Å²) in [6.45, 7) is 0. The molecular formula is C18H17Cl2F2N3O. The average molecular weight is 400 g/mol. The first-order chi connectivity index (χ1) is 12.4. The highest BCUT2D eigenvalue weighted by atomic mass is 35.5. The molecular weight excluding hydrogens is 383 g/mol. The first-order valence-electron chi connectivity index (χ1n) is 8.42. The Morgan fingerprint density at radius 3 is 2.73 bits per heavy atom. The molecule has 2 aliphatic carbocycles. The van der Waals surface area contributed by atoms with Crippen molar-refractivity contribution in [2.45, 2.75) is 35.9 Å². The van der Waals surface area contributed by atoms with Crippen LogP contribution in [0.5, 0.6) is 0 Å². The average Bonchev–Trinajstić information content (AvgIpc) is 3.26. The molecule has 2 bridgehead atoms. The van der Waals surface area contributed by atoms with Crippen molar-refractivity contribution < 1.29 is 13.6 Å². The highest BCUT2D eigenvalue weighted by Gasteiger charge is 2.49. The van der Waals surface area contributed by atoms with E-state index in [-0.39, 0.29) is 23.3 Å². The summed E-state index contributed by atoms with van der Waals surface area (Å²) in [5, 5.41) is 6.49. The van der Waals surface area contributed by atoms with Gasteiger partial charge in [-0.25, -0.2) is 8.78 Å². The summed E-state index contributed by atoms with van der Waals surface area (Å²) in [6, 6.07) is 5.69. The molecule has 4 rings (SSSR count). The number of carbonyl (C=O) groups excluding carboxylic acids is 1. The molecule has 4 nitrogen and oxygen atoms in total. The van der Waals surface area contributed by atoms with Crippen molar-refractivity contribution in [3.63, 3.8) is 0 Å². The number of alkyl halides is 4. The zero-order valence-corrected chi connectivity index (χ0v) is 15.4. The molecule has 8 heteroatoms. The molecule has 1 aromatic carbocycles. The molecule has 26 heavy (non-hydrogen) atoms. The minimum absolute atomic E-state index is 0.118. The van der Waals surface area contributed by atoms with Crippen molar-refractivity contribution in [3.05, 3.63) is 46.8 Å². The van der Waals surface area contributed by atoms with Gasteiger partial charge in [-0.05, 0) is 41.9 Å². The highest BCUT2D eigenvalue weighted by molar-refractivity contribution is 6.44. The van der Waals surface area contributed by atoms with Gasteiger partial charge in [-0.1, -0.05) is 12.1 Å². The third-order valence-electron chi connectivity index (χ3n) is 5.48. The summed E-state index contributed by atoms with van der Waals surface area (Å²) >= 11 is 12.4. The van der Waals surface area contributed by atoms with Crippen molar-refractivity contribution in [1.29, 1.82) is 0 Å². The molecule has 1 saturated carbocycles. The molecule has 1 heterocycles. The summed E-state index contributed by atoms with van der Waals surface area (Å²) in [4.78, 5) is 12.1. The van der Waals surface area contributed by atoms with E-state index in [0.717, 1.165) is 24.0 Å². The van der Waals surface area contributed by atoms with Crippen LogP contribution in [0.25, 0.3) is 0 Å². The van der Waals surface area contributed by atoms with E-state index < -0.39 is 22.9 Å². The minimum atomic E-state index is -2.81. The zero-order valence-electron chi connectivity index (χ0n) is 13.9. The number of carbonyl (C=O) groups is 1. The first kappa shape index (κ1) is 17.7. The molecule has 3 unspecified atom stereocenters. The fraction of sp³-hybridized carbons (Fsp3) is 0.444. The molecule has 138 valence electrons. The van der Waals surface area contributed by atoms with Gasteiger partial charge in [-0.3, -0.25) is 9.48 Å². The number of amides is 1. The minimum Gasteiger partial charge on any atom is -0.322 e. The summed E-state index contributed by atoms with van der Waals surface area (Å²) in [7, 11) is 1.51. The van der Waals surface area contributed by atoms with Gasteiger partial charge < -0.3 is 5.32 Å². The topological polar surface area (TPSA) is 46.9 Å². The highest BCUT2D eigenvalue weighted by Crippen LogP contribution is 2.61. The van der Waals surface area contributed by atoms with E-state index >= 15 is 0 Å². The Morgan fingerprint density at radius 2 is 2.04 bits per heavy atom. The van der Waals surface area contributed by atoms with Crippen LogP contribution in [0.3, 0.4) is 0 Å². The second-order valence-electron chi connectivity index (χ2n) is 6.87. The number of anilines is 1. The number of aromatic nitrogens is 2. The molecule has 2 aromatic rings. The molecule has 2 aliphatic rings. The maximum absolute atomic E-state index is 13.1. The summed E-state index contributed by atoms with van der Waals surface area (Å²) in [5.74, 6) is -0.00680. The fourth-order valence-corrected chi connectivity index (χ4v) is 5.24. The van der Waals surface area contributed by atoms with Crippen molar-refractivity contribution >= 4 is 34.8 Å². The predicted octanol–water partition coefficient (Wildman–Crippen LogP) is 5.00. The second-order valence-corrected chi connectivity index (χ2v) is 8.03. The Kier molecular flexibility index (Phi) is 4.43. The maximum atomic E-state index is 13.1. The number of hydrogen-bond donors (Lipinski definition) is 1. The van der Waals surface area contributed by atoms with Gasteiger partial charge in [0.1, 0.15) is 10.5 Å². The summed E-state index contributed by atoms with van der Waals surface area (Å²) in [6.07, 6.45) is 0.475. The molecule has 3 atom stereocenters. The predicted molar refractivity (Wildman–Crippen MR) is 96.3 cm³/mol. The number of hydrogen-bond acceptors (Lipinski definition) is 2. The van der Waals surface area contributed by atoms with Crippen LogP contribution in [-0.2, 0) is 7.05 Å². The van der Waals surface area contributed by atoms with Crippen LogP contribution in [0.4, 0.5) is 14.5 Å². The molecule has 1 N–H and O–H groups in total. The third kappa shape index (κ3) is 2.70. The maximum Gasteiger partial charge on any atom is 0.282 e. The molecule has 1 aromatic heterocycles. The first-order valence-corrected chi connectivity index (χ1v) is 9.29. The lowest BCUT2D eigenvalue weighted by molar-refractivity contribution is 0.101. The van der Waals surface area contributed by atoms with Crippen molar-refractivity contribution in [3.8, 4) is 0 Å². The van der Waals surface area contributed by atoms with Crippen molar-refractivity contribution in [2.24, 2.45) is 13.0 Å². The molecule has 0 saturated heterocycles. The quantitative estimate of drug-likeness (QED) is 0.734. The smallest absolute Gasteiger partial charge is 0.282 e. The van der Waals surface area contributed by atoms with Gasteiger partial charge in [-0.2, -0.15) is 5.10 Å². The van der Waals surface area contributed by atoms with E-state index in [1.54, 1.807) is 6.07 Å². The molecule has 0 aliphatic heterocycles. The lowest BCUT2D eigenvalue weighted by Gasteiger charge is -2.19. The van der Waals surface area contributed by atoms with Gasteiger partial charge in [0.25, 0.3) is 12.3 Å². The van der Waals surface area contributed by atoms with E-state index in [1.807, 2.05) is 12.1 Å². The molecule has 1 amide bonds. The number of rotatable bonds is 4. The monoisotopic (exact) mass is 399 g/mol. The number of nitrogens with one attached hydrogen (secondary N) is 1. The SMILES string of the molecule is Cn1cc(C(=O)Nc2cccc3c2C2CCC3C2C(Cl)Cl)c(C(F)F)n1. The number of benzene rings is 1. The fourth-order valence-electron chi connectivity index (χ4n) is 4.54. The summed E-state index contributed by atoms with van der Waals surface area (Å²) in [5.41, 5.74) is 2.19. The lowest BCUT2D eigenvalue weighted by Crippen LogP contribution is -2.16. The van der Waals surface area contributed by atoms with Crippen LogP contribution < -0.4 is 5.32 Å². The zero-order chi connectivity index (χ0) is 18.6. The third-order valence-corrected chi connectivity index (χ3v) is 6.06. The molecule has 1 fully saturated rings. The molecule has 0 spiro atoms. The van der Waals surface area contributed by atoms with Crippen LogP contribution in [0, 0.1) is 5.92 Å². The van der Waals surface area contributed by atoms with Crippen molar-refractivity contribution in [1.82, 2.24) is 9.78 Å². The number of nitrogens with zero attached hydrogens (tertiary/aromatic N) is 2. The van der Waals surface area contributed by atoms with Crippen LogP contribution in [-0.4, -0.2) is 20.5 Å². The van der Waals surface area contributed by atoms with Gasteiger partial charge in [-0.15, -0.1) is 23.2 Å². The van der Waals surface area contributed by atoms with Gasteiger partial charge in [0, 0.05) is 24.8 Å². The van der Waals surface area contributed by atoms with E-state index in [4.69, 9.17) is 23.2 Å². The van der Waals surface area contributed by atoms with Gasteiger partial charge in [0.15, 0.2) is 0 Å². The van der Waals surface area contributed by atoms with Crippen LogP contribution in [0.1, 0.15) is 58.3 Å². The van der Waals surface area contributed by atoms with Crippen LogP contribution in [0.15, 0.2) is 24.4 Å². The number of halogens is 4. The summed E-state index contributed by atoms with van der Waals surface area (Å²) < 4.78 is 27.5. The Hall–Kier alpha value is -1.66. The largest absolute Gasteiger partial charge is 0.322 e. The number of aryl methyl sites for hydroxylation is 1. The number of fused-ring (bicyclic) bond motifs is 5. The standard InChI is InChI=1S/C18H17Cl2F2N3O/c1-25-7-11(15(24-25)17(21)22)18(26)23-12-4-2-3-8-9-5-6-10(13(8)12)14(9)16(19)20/h2-4,7,9-10,14,16-17H,5-6H2,1H3,(H,23,26). The lowest BCUT2D eigenvalue weighted by atomic mass is 9.90. The van der Waals surface area contributed by atoms with Crippen LogP contribution >= 0.6 is 23.2 Å².